The maximum absolute atomic E-state index is 12.0. The van der Waals surface area contributed by atoms with Crippen LogP contribution in [0.2, 0.25) is 0 Å². The Bertz CT molecular complexity index is 730. The van der Waals surface area contributed by atoms with E-state index < -0.39 is 11.9 Å². The molecule has 0 fully saturated rings. The second-order valence-corrected chi connectivity index (χ2v) is 5.56. The summed E-state index contributed by atoms with van der Waals surface area (Å²) in [5, 5.41) is 0. The SMILES string of the molecule is CCOC(=O)CN(CC(=O)OCC)c1cc(-c2ccncn2)ccc1C. The van der Waals surface area contributed by atoms with Gasteiger partial charge in [0.15, 0.2) is 0 Å². The van der Waals surface area contributed by atoms with Crippen molar-refractivity contribution in [1.29, 1.82) is 0 Å². The van der Waals surface area contributed by atoms with Crippen LogP contribution in [0.5, 0.6) is 0 Å². The lowest BCUT2D eigenvalue weighted by atomic mass is 10.1. The number of anilines is 1. The third-order valence-electron chi connectivity index (χ3n) is 3.68. The summed E-state index contributed by atoms with van der Waals surface area (Å²) in [6.45, 7) is 5.89. The van der Waals surface area contributed by atoms with Gasteiger partial charge in [0.1, 0.15) is 19.4 Å². The minimum Gasteiger partial charge on any atom is -0.465 e. The van der Waals surface area contributed by atoms with Crippen LogP contribution in [0.3, 0.4) is 0 Å². The summed E-state index contributed by atoms with van der Waals surface area (Å²) < 4.78 is 10.1. The van der Waals surface area contributed by atoms with Crippen molar-refractivity contribution in [3.8, 4) is 11.3 Å². The van der Waals surface area contributed by atoms with Crippen molar-refractivity contribution in [3.05, 3.63) is 42.4 Å². The molecule has 26 heavy (non-hydrogen) atoms. The zero-order valence-corrected chi connectivity index (χ0v) is 15.3. The third kappa shape index (κ3) is 5.27. The van der Waals surface area contributed by atoms with Gasteiger partial charge in [-0.05, 0) is 38.5 Å². The molecule has 0 spiro atoms. The van der Waals surface area contributed by atoms with E-state index in [1.807, 2.05) is 25.1 Å². The maximum atomic E-state index is 12.0. The Hall–Kier alpha value is -2.96. The fourth-order valence-electron chi connectivity index (χ4n) is 2.52. The fraction of sp³-hybridized carbons (Fsp3) is 0.368. The highest BCUT2D eigenvalue weighted by Crippen LogP contribution is 2.27. The van der Waals surface area contributed by atoms with Gasteiger partial charge in [-0.15, -0.1) is 0 Å². The van der Waals surface area contributed by atoms with E-state index in [4.69, 9.17) is 9.47 Å². The molecule has 7 nitrogen and oxygen atoms in total. The molecular formula is C19H23N3O4. The van der Waals surface area contributed by atoms with Gasteiger partial charge in [-0.2, -0.15) is 0 Å². The predicted octanol–water partition coefficient (Wildman–Crippen LogP) is 2.38. The minimum absolute atomic E-state index is 0.0410. The molecule has 2 aromatic rings. The quantitative estimate of drug-likeness (QED) is 0.671. The monoisotopic (exact) mass is 357 g/mol. The third-order valence-corrected chi connectivity index (χ3v) is 3.68. The number of aryl methyl sites for hydroxylation is 1. The predicted molar refractivity (Wildman–Crippen MR) is 97.7 cm³/mol. The van der Waals surface area contributed by atoms with E-state index >= 15 is 0 Å². The van der Waals surface area contributed by atoms with Gasteiger partial charge in [0.25, 0.3) is 0 Å². The van der Waals surface area contributed by atoms with Crippen LogP contribution in [0, 0.1) is 6.92 Å². The van der Waals surface area contributed by atoms with E-state index in [1.54, 1.807) is 31.0 Å². The van der Waals surface area contributed by atoms with Crippen LogP contribution in [0.25, 0.3) is 11.3 Å². The molecule has 138 valence electrons. The molecule has 2 rings (SSSR count). The van der Waals surface area contributed by atoms with Crippen molar-refractivity contribution in [3.63, 3.8) is 0 Å². The Balaban J connectivity index is 2.35. The van der Waals surface area contributed by atoms with Crippen LogP contribution in [-0.2, 0) is 19.1 Å². The van der Waals surface area contributed by atoms with Gasteiger partial charge >= 0.3 is 11.9 Å². The van der Waals surface area contributed by atoms with E-state index in [2.05, 4.69) is 9.97 Å². The van der Waals surface area contributed by atoms with Gasteiger partial charge in [-0.25, -0.2) is 9.97 Å². The van der Waals surface area contributed by atoms with Crippen LogP contribution >= 0.6 is 0 Å². The molecule has 1 aromatic heterocycles. The molecular weight excluding hydrogens is 334 g/mol. The van der Waals surface area contributed by atoms with Crippen molar-refractivity contribution < 1.29 is 19.1 Å². The topological polar surface area (TPSA) is 81.6 Å². The van der Waals surface area contributed by atoms with Crippen molar-refractivity contribution in [2.45, 2.75) is 20.8 Å². The van der Waals surface area contributed by atoms with Crippen LogP contribution in [0.4, 0.5) is 5.69 Å². The van der Waals surface area contributed by atoms with Crippen LogP contribution in [0.1, 0.15) is 19.4 Å². The van der Waals surface area contributed by atoms with E-state index in [0.29, 0.717) is 0 Å². The number of rotatable bonds is 8. The smallest absolute Gasteiger partial charge is 0.325 e. The summed E-state index contributed by atoms with van der Waals surface area (Å²) >= 11 is 0. The molecule has 0 bridgehead atoms. The Morgan fingerprint density at radius 3 is 2.23 bits per heavy atom. The van der Waals surface area contributed by atoms with E-state index in [1.165, 1.54) is 6.33 Å². The first-order valence-electron chi connectivity index (χ1n) is 8.48. The molecule has 0 aliphatic heterocycles. The Labute approximate surface area is 153 Å². The van der Waals surface area contributed by atoms with E-state index in [-0.39, 0.29) is 26.3 Å². The minimum atomic E-state index is -0.399. The summed E-state index contributed by atoms with van der Waals surface area (Å²) in [5.74, 6) is -0.799. The number of hydrogen-bond acceptors (Lipinski definition) is 7. The van der Waals surface area contributed by atoms with Crippen molar-refractivity contribution in [2.24, 2.45) is 0 Å². The Kier molecular flexibility index (Phi) is 7.08. The van der Waals surface area contributed by atoms with Gasteiger partial charge in [-0.3, -0.25) is 9.59 Å². The number of benzene rings is 1. The standard InChI is InChI=1S/C19H23N3O4/c1-4-25-18(23)11-22(12-19(24)26-5-2)17-10-15(7-6-14(17)3)16-8-9-20-13-21-16/h6-10,13H,4-5,11-12H2,1-3H3. The number of carbonyl (C=O) groups is 2. The summed E-state index contributed by atoms with van der Waals surface area (Å²) in [4.78, 5) is 33.8. The van der Waals surface area contributed by atoms with Crippen molar-refractivity contribution in [1.82, 2.24) is 9.97 Å². The molecule has 1 aromatic carbocycles. The number of nitrogens with zero attached hydrogens (tertiary/aromatic N) is 3. The van der Waals surface area contributed by atoms with Crippen LogP contribution in [0.15, 0.2) is 36.8 Å². The molecule has 0 amide bonds. The molecule has 0 N–H and O–H groups in total. The summed E-state index contributed by atoms with van der Waals surface area (Å²) in [6, 6.07) is 7.57. The second-order valence-electron chi connectivity index (χ2n) is 5.56. The van der Waals surface area contributed by atoms with Gasteiger partial charge in [0, 0.05) is 17.4 Å². The largest absolute Gasteiger partial charge is 0.465 e. The highest BCUT2D eigenvalue weighted by Gasteiger charge is 2.19. The average Bonchev–Trinajstić information content (AvgIpc) is 2.63. The number of aromatic nitrogens is 2. The Morgan fingerprint density at radius 1 is 1.04 bits per heavy atom. The van der Waals surface area contributed by atoms with E-state index in [9.17, 15) is 9.59 Å². The first-order chi connectivity index (χ1) is 12.5. The molecule has 0 aliphatic rings. The number of hydrogen-bond donors (Lipinski definition) is 0. The van der Waals surface area contributed by atoms with E-state index in [0.717, 1.165) is 22.5 Å². The summed E-state index contributed by atoms with van der Waals surface area (Å²) in [6.07, 6.45) is 3.14. The summed E-state index contributed by atoms with van der Waals surface area (Å²) in [5.41, 5.74) is 3.30. The lowest BCUT2D eigenvalue weighted by Crippen LogP contribution is -2.36. The number of carbonyl (C=O) groups excluding carboxylic acids is 2. The molecule has 0 saturated heterocycles. The van der Waals surface area contributed by atoms with Crippen molar-refractivity contribution >= 4 is 17.6 Å². The average molecular weight is 357 g/mol. The molecule has 7 heteroatoms. The normalized spacial score (nSPS) is 10.3. The Morgan fingerprint density at radius 2 is 1.69 bits per heavy atom. The lowest BCUT2D eigenvalue weighted by molar-refractivity contribution is -0.142. The van der Waals surface area contributed by atoms with Gasteiger partial charge < -0.3 is 14.4 Å². The van der Waals surface area contributed by atoms with Crippen molar-refractivity contribution in [2.75, 3.05) is 31.2 Å². The van der Waals surface area contributed by atoms with Gasteiger partial charge in [0.2, 0.25) is 0 Å². The molecule has 0 atom stereocenters. The first-order valence-corrected chi connectivity index (χ1v) is 8.48. The number of ether oxygens (including phenoxy) is 2. The highest BCUT2D eigenvalue weighted by atomic mass is 16.5. The first kappa shape index (κ1) is 19.4. The van der Waals surface area contributed by atoms with Crippen LogP contribution in [-0.4, -0.2) is 48.2 Å². The lowest BCUT2D eigenvalue weighted by Gasteiger charge is -2.25. The molecule has 0 aliphatic carbocycles. The fourth-order valence-corrected chi connectivity index (χ4v) is 2.52. The highest BCUT2D eigenvalue weighted by molar-refractivity contribution is 5.83. The zero-order valence-electron chi connectivity index (χ0n) is 15.3. The second kappa shape index (κ2) is 9.50. The van der Waals surface area contributed by atoms with Crippen LogP contribution < -0.4 is 4.90 Å². The number of esters is 2. The summed E-state index contributed by atoms with van der Waals surface area (Å²) in [7, 11) is 0. The van der Waals surface area contributed by atoms with Gasteiger partial charge in [-0.1, -0.05) is 12.1 Å². The van der Waals surface area contributed by atoms with Gasteiger partial charge in [0.05, 0.1) is 18.9 Å². The molecule has 0 saturated carbocycles. The molecule has 0 unspecified atom stereocenters. The molecule has 0 radical (unpaired) electrons. The molecule has 1 heterocycles. The zero-order chi connectivity index (χ0) is 18.9. The maximum Gasteiger partial charge on any atom is 0.325 e.